The second-order valence-electron chi connectivity index (χ2n) is 5.25. The van der Waals surface area contributed by atoms with Crippen molar-refractivity contribution < 1.29 is 9.53 Å². The first-order valence-electron chi connectivity index (χ1n) is 7.04. The predicted octanol–water partition coefficient (Wildman–Crippen LogP) is 4.75. The van der Waals surface area contributed by atoms with Gasteiger partial charge in [0.2, 0.25) is 0 Å². The van der Waals surface area contributed by atoms with Gasteiger partial charge in [-0.25, -0.2) is 0 Å². The summed E-state index contributed by atoms with van der Waals surface area (Å²) in [5.74, 6) is -0.217. The minimum Gasteiger partial charge on any atom is -0.494 e. The number of amides is 1. The summed E-state index contributed by atoms with van der Waals surface area (Å²) in [5, 5.41) is 6.34. The molecule has 0 saturated carbocycles. The van der Waals surface area contributed by atoms with E-state index >= 15 is 0 Å². The predicted molar refractivity (Wildman–Crippen MR) is 103 cm³/mol. The van der Waals surface area contributed by atoms with Gasteiger partial charge >= 0.3 is 0 Å². The Hall–Kier alpha value is -1.82. The van der Waals surface area contributed by atoms with Gasteiger partial charge in [0.15, 0.2) is 5.11 Å². The first-order chi connectivity index (χ1) is 11.3. The zero-order valence-electron chi connectivity index (χ0n) is 13.4. The number of carbonyl (C=O) groups excluding carboxylic acids is 1. The van der Waals surface area contributed by atoms with E-state index in [1.54, 1.807) is 0 Å². The van der Waals surface area contributed by atoms with Crippen LogP contribution in [0.25, 0.3) is 0 Å². The van der Waals surface area contributed by atoms with Gasteiger partial charge in [0, 0.05) is 10.7 Å². The van der Waals surface area contributed by atoms with E-state index in [1.165, 1.54) is 19.2 Å². The van der Waals surface area contributed by atoms with Crippen LogP contribution in [0.4, 0.5) is 5.69 Å². The highest BCUT2D eigenvalue weighted by Gasteiger charge is 2.17. The largest absolute Gasteiger partial charge is 0.494 e. The molecular formula is C17H16Cl2N2O2S. The first-order valence-corrected chi connectivity index (χ1v) is 8.20. The first kappa shape index (κ1) is 18.5. The number of hydrogen-bond acceptors (Lipinski definition) is 3. The van der Waals surface area contributed by atoms with E-state index in [4.69, 9.17) is 40.2 Å². The smallest absolute Gasteiger partial charge is 0.261 e. The molecule has 2 aromatic carbocycles. The number of carbonyl (C=O) groups is 1. The molecule has 2 rings (SSSR count). The lowest BCUT2D eigenvalue weighted by Crippen LogP contribution is -2.34. The molecule has 0 radical (unpaired) electrons. The molecule has 0 aliphatic carbocycles. The van der Waals surface area contributed by atoms with Crippen LogP contribution in [-0.2, 0) is 0 Å². The number of ether oxygens (including phenoxy) is 1. The fraction of sp³-hybridized carbons (Fsp3) is 0.176. The molecule has 4 nitrogen and oxygen atoms in total. The van der Waals surface area contributed by atoms with Crippen LogP contribution in [0, 0.1) is 13.8 Å². The van der Waals surface area contributed by atoms with Crippen LogP contribution in [0.15, 0.2) is 30.3 Å². The lowest BCUT2D eigenvalue weighted by atomic mass is 10.1. The van der Waals surface area contributed by atoms with Gasteiger partial charge in [-0.3, -0.25) is 10.1 Å². The van der Waals surface area contributed by atoms with Crippen molar-refractivity contribution in [3.8, 4) is 5.75 Å². The number of rotatable bonds is 3. The van der Waals surface area contributed by atoms with Crippen LogP contribution >= 0.6 is 35.4 Å². The van der Waals surface area contributed by atoms with Gasteiger partial charge < -0.3 is 10.1 Å². The van der Waals surface area contributed by atoms with Crippen molar-refractivity contribution in [3.05, 3.63) is 57.1 Å². The number of aryl methyl sites for hydroxylation is 2. The topological polar surface area (TPSA) is 50.4 Å². The van der Waals surface area contributed by atoms with Crippen molar-refractivity contribution in [3.63, 3.8) is 0 Å². The highest BCUT2D eigenvalue weighted by molar-refractivity contribution is 7.80. The molecule has 126 valence electrons. The van der Waals surface area contributed by atoms with Crippen molar-refractivity contribution in [2.75, 3.05) is 12.4 Å². The number of anilines is 1. The molecule has 0 saturated heterocycles. The van der Waals surface area contributed by atoms with Crippen LogP contribution in [-0.4, -0.2) is 18.1 Å². The third-order valence-electron chi connectivity index (χ3n) is 3.16. The Morgan fingerprint density at radius 1 is 1.08 bits per heavy atom. The van der Waals surface area contributed by atoms with Gasteiger partial charge in [-0.15, -0.1) is 0 Å². The molecule has 0 atom stereocenters. The van der Waals surface area contributed by atoms with E-state index in [-0.39, 0.29) is 21.4 Å². The Balaban J connectivity index is 2.16. The van der Waals surface area contributed by atoms with E-state index in [0.717, 1.165) is 16.8 Å². The Morgan fingerprint density at radius 2 is 1.71 bits per heavy atom. The summed E-state index contributed by atoms with van der Waals surface area (Å²) < 4.78 is 5.17. The second-order valence-corrected chi connectivity index (χ2v) is 6.50. The van der Waals surface area contributed by atoms with Crippen molar-refractivity contribution in [2.45, 2.75) is 13.8 Å². The van der Waals surface area contributed by atoms with Gasteiger partial charge in [0.25, 0.3) is 5.91 Å². The molecule has 0 aliphatic heterocycles. The lowest BCUT2D eigenvalue weighted by Gasteiger charge is -2.13. The maximum Gasteiger partial charge on any atom is 0.261 e. The van der Waals surface area contributed by atoms with E-state index in [0.29, 0.717) is 5.02 Å². The minimum atomic E-state index is -0.460. The Morgan fingerprint density at radius 3 is 2.29 bits per heavy atom. The van der Waals surface area contributed by atoms with Crippen LogP contribution in [0.5, 0.6) is 5.75 Å². The number of nitrogens with one attached hydrogen (secondary N) is 2. The van der Waals surface area contributed by atoms with Crippen LogP contribution in [0.2, 0.25) is 10.0 Å². The standard InChI is InChI=1S/C17H16Cl2N2O2S/c1-9-4-10(2)6-12(5-9)20-17(24)21-16(22)13-7-11(18)8-14(19)15(13)23-3/h4-8H,1-3H3,(H2,20,21,22,24). The normalized spacial score (nSPS) is 10.2. The van der Waals surface area contributed by atoms with Gasteiger partial charge in [-0.1, -0.05) is 29.3 Å². The highest BCUT2D eigenvalue weighted by atomic mass is 35.5. The third-order valence-corrected chi connectivity index (χ3v) is 3.87. The number of halogens is 2. The van der Waals surface area contributed by atoms with Gasteiger partial charge in [-0.05, 0) is 61.5 Å². The Labute approximate surface area is 156 Å². The molecule has 2 aromatic rings. The van der Waals surface area contributed by atoms with Crippen molar-refractivity contribution in [1.82, 2.24) is 5.32 Å². The Kier molecular flexibility index (Phi) is 6.04. The maximum atomic E-state index is 12.4. The van der Waals surface area contributed by atoms with Gasteiger partial charge in [0.05, 0.1) is 17.7 Å². The zero-order chi connectivity index (χ0) is 17.9. The van der Waals surface area contributed by atoms with Crippen LogP contribution < -0.4 is 15.4 Å². The molecule has 0 heterocycles. The van der Waals surface area contributed by atoms with Crippen molar-refractivity contribution in [1.29, 1.82) is 0 Å². The summed E-state index contributed by atoms with van der Waals surface area (Å²) in [6, 6.07) is 8.89. The minimum absolute atomic E-state index is 0.170. The number of benzene rings is 2. The molecule has 2 N–H and O–H groups in total. The van der Waals surface area contributed by atoms with Gasteiger partial charge in [0.1, 0.15) is 5.75 Å². The average Bonchev–Trinajstić information content (AvgIpc) is 2.44. The summed E-state index contributed by atoms with van der Waals surface area (Å²) in [6.07, 6.45) is 0. The quantitative estimate of drug-likeness (QED) is 0.752. The van der Waals surface area contributed by atoms with E-state index < -0.39 is 5.91 Å². The summed E-state index contributed by atoms with van der Waals surface area (Å²) in [6.45, 7) is 3.97. The molecule has 0 fully saturated rings. The molecule has 0 unspecified atom stereocenters. The van der Waals surface area contributed by atoms with Crippen LogP contribution in [0.1, 0.15) is 21.5 Å². The monoisotopic (exact) mass is 382 g/mol. The third kappa shape index (κ3) is 4.60. The van der Waals surface area contributed by atoms with E-state index in [2.05, 4.69) is 10.6 Å². The molecular weight excluding hydrogens is 367 g/mol. The molecule has 7 heteroatoms. The Bertz CT molecular complexity index is 789. The molecule has 0 bridgehead atoms. The molecule has 0 aliphatic rings. The maximum absolute atomic E-state index is 12.4. The number of thiocarbonyl (C=S) groups is 1. The fourth-order valence-corrected chi connectivity index (χ4v) is 3.10. The van der Waals surface area contributed by atoms with E-state index in [9.17, 15) is 4.79 Å². The number of hydrogen-bond donors (Lipinski definition) is 2. The summed E-state index contributed by atoms with van der Waals surface area (Å²) in [4.78, 5) is 12.4. The fourth-order valence-electron chi connectivity index (χ4n) is 2.32. The van der Waals surface area contributed by atoms with Gasteiger partial charge in [-0.2, -0.15) is 0 Å². The highest BCUT2D eigenvalue weighted by Crippen LogP contribution is 2.32. The lowest BCUT2D eigenvalue weighted by molar-refractivity contribution is 0.0975. The molecule has 1 amide bonds. The second kappa shape index (κ2) is 7.83. The van der Waals surface area contributed by atoms with Crippen molar-refractivity contribution >= 4 is 52.1 Å². The van der Waals surface area contributed by atoms with Crippen LogP contribution in [0.3, 0.4) is 0 Å². The SMILES string of the molecule is COc1c(Cl)cc(Cl)cc1C(=O)NC(=S)Nc1cc(C)cc(C)c1. The average molecular weight is 383 g/mol. The van der Waals surface area contributed by atoms with E-state index in [1.807, 2.05) is 32.0 Å². The molecule has 0 spiro atoms. The number of methoxy groups -OCH3 is 1. The van der Waals surface area contributed by atoms with Crippen molar-refractivity contribution in [2.24, 2.45) is 0 Å². The molecule has 0 aromatic heterocycles. The zero-order valence-corrected chi connectivity index (χ0v) is 15.7. The molecule has 24 heavy (non-hydrogen) atoms. The summed E-state index contributed by atoms with van der Waals surface area (Å²) in [5.41, 5.74) is 3.19. The summed E-state index contributed by atoms with van der Waals surface area (Å²) >= 11 is 17.2. The summed E-state index contributed by atoms with van der Waals surface area (Å²) in [7, 11) is 1.43.